The number of rotatable bonds is 8. The quantitative estimate of drug-likeness (QED) is 0.572. The Morgan fingerprint density at radius 3 is 2.68 bits per heavy atom. The molecule has 0 aliphatic heterocycles. The van der Waals surface area contributed by atoms with Crippen LogP contribution in [0.2, 0.25) is 0 Å². The summed E-state index contributed by atoms with van der Waals surface area (Å²) in [7, 11) is 1.63. The van der Waals surface area contributed by atoms with E-state index in [1.807, 2.05) is 30.3 Å². The molecule has 104 valence electrons. The molecule has 0 aliphatic carbocycles. The maximum Gasteiger partial charge on any atom is 0.246 e. The molecule has 0 spiro atoms. The van der Waals surface area contributed by atoms with E-state index in [1.54, 1.807) is 18.1 Å². The summed E-state index contributed by atoms with van der Waals surface area (Å²) in [5, 5.41) is 8.98. The van der Waals surface area contributed by atoms with Gasteiger partial charge in [0.05, 0.1) is 6.61 Å². The fourth-order valence-corrected chi connectivity index (χ4v) is 1.69. The predicted molar refractivity (Wildman–Crippen MR) is 75.6 cm³/mol. The van der Waals surface area contributed by atoms with Crippen LogP contribution in [0.3, 0.4) is 0 Å². The average molecular weight is 263 g/mol. The van der Waals surface area contributed by atoms with Gasteiger partial charge in [-0.25, -0.2) is 0 Å². The first-order valence-corrected chi connectivity index (χ1v) is 6.39. The van der Waals surface area contributed by atoms with Crippen LogP contribution in [0.25, 0.3) is 6.08 Å². The summed E-state index contributed by atoms with van der Waals surface area (Å²) in [5.41, 5.74) is 0.983. The molecule has 0 unspecified atom stereocenters. The second-order valence-corrected chi connectivity index (χ2v) is 4.14. The van der Waals surface area contributed by atoms with Crippen molar-refractivity contribution in [1.82, 2.24) is 4.90 Å². The highest BCUT2D eigenvalue weighted by atomic mass is 16.5. The fourth-order valence-electron chi connectivity index (χ4n) is 1.69. The molecule has 1 aromatic rings. The Morgan fingerprint density at radius 1 is 1.32 bits per heavy atom. The summed E-state index contributed by atoms with van der Waals surface area (Å²) >= 11 is 0. The lowest BCUT2D eigenvalue weighted by Gasteiger charge is -2.19. The zero-order valence-corrected chi connectivity index (χ0v) is 11.3. The van der Waals surface area contributed by atoms with Gasteiger partial charge in [-0.15, -0.1) is 0 Å². The molecule has 1 N–H and O–H groups in total. The minimum Gasteiger partial charge on any atom is -0.395 e. The van der Waals surface area contributed by atoms with Crippen molar-refractivity contribution in [3.8, 4) is 0 Å². The van der Waals surface area contributed by atoms with Gasteiger partial charge >= 0.3 is 0 Å². The van der Waals surface area contributed by atoms with Gasteiger partial charge in [0.1, 0.15) is 0 Å². The molecule has 0 radical (unpaired) electrons. The van der Waals surface area contributed by atoms with Crippen molar-refractivity contribution >= 4 is 12.0 Å². The lowest BCUT2D eigenvalue weighted by molar-refractivity contribution is -0.126. The Balaban J connectivity index is 2.53. The third kappa shape index (κ3) is 6.18. The zero-order chi connectivity index (χ0) is 13.9. The summed E-state index contributed by atoms with van der Waals surface area (Å²) in [6.07, 6.45) is 4.09. The van der Waals surface area contributed by atoms with Crippen LogP contribution in [-0.2, 0) is 9.53 Å². The van der Waals surface area contributed by atoms with E-state index >= 15 is 0 Å². The highest BCUT2D eigenvalue weighted by molar-refractivity contribution is 5.91. The van der Waals surface area contributed by atoms with Gasteiger partial charge in [0.2, 0.25) is 5.91 Å². The number of hydrogen-bond acceptors (Lipinski definition) is 3. The number of aliphatic hydroxyl groups excluding tert-OH is 1. The van der Waals surface area contributed by atoms with Crippen LogP contribution in [0.4, 0.5) is 0 Å². The number of benzene rings is 1. The van der Waals surface area contributed by atoms with Crippen LogP contribution in [0.5, 0.6) is 0 Å². The third-order valence-corrected chi connectivity index (χ3v) is 2.68. The Hall–Kier alpha value is -1.65. The minimum atomic E-state index is -0.0889. The molecular weight excluding hydrogens is 242 g/mol. The lowest BCUT2D eigenvalue weighted by Crippen LogP contribution is -2.33. The summed E-state index contributed by atoms with van der Waals surface area (Å²) in [6.45, 7) is 1.52. The predicted octanol–water partition coefficient (Wildman–Crippen LogP) is 1.56. The molecule has 0 atom stereocenters. The van der Waals surface area contributed by atoms with E-state index in [-0.39, 0.29) is 12.5 Å². The van der Waals surface area contributed by atoms with Gasteiger partial charge in [0, 0.05) is 32.9 Å². The van der Waals surface area contributed by atoms with Gasteiger partial charge in [0.25, 0.3) is 0 Å². The largest absolute Gasteiger partial charge is 0.395 e. The van der Waals surface area contributed by atoms with E-state index in [1.165, 1.54) is 6.08 Å². The smallest absolute Gasteiger partial charge is 0.246 e. The van der Waals surface area contributed by atoms with Crippen molar-refractivity contribution in [2.75, 3.05) is 33.4 Å². The SMILES string of the molecule is COCCCN(CCO)C(=O)/C=C/c1ccccc1. The first-order chi connectivity index (χ1) is 9.27. The number of aliphatic hydroxyl groups is 1. The van der Waals surface area contributed by atoms with Gasteiger partial charge in [-0.1, -0.05) is 30.3 Å². The van der Waals surface area contributed by atoms with E-state index in [0.29, 0.717) is 19.7 Å². The molecule has 0 aliphatic rings. The van der Waals surface area contributed by atoms with Gasteiger partial charge in [-0.3, -0.25) is 4.79 Å². The van der Waals surface area contributed by atoms with Gasteiger partial charge < -0.3 is 14.7 Å². The molecule has 0 saturated carbocycles. The molecule has 1 aromatic carbocycles. The summed E-state index contributed by atoms with van der Waals surface area (Å²) in [4.78, 5) is 13.6. The second-order valence-electron chi connectivity index (χ2n) is 4.14. The minimum absolute atomic E-state index is 0.0299. The van der Waals surface area contributed by atoms with Gasteiger partial charge in [-0.2, -0.15) is 0 Å². The van der Waals surface area contributed by atoms with Crippen LogP contribution in [-0.4, -0.2) is 49.3 Å². The van der Waals surface area contributed by atoms with Crippen molar-refractivity contribution in [2.45, 2.75) is 6.42 Å². The van der Waals surface area contributed by atoms with Crippen LogP contribution in [0.15, 0.2) is 36.4 Å². The number of ether oxygens (including phenoxy) is 1. The van der Waals surface area contributed by atoms with Crippen LogP contribution in [0, 0.1) is 0 Å². The molecule has 0 fully saturated rings. The molecular formula is C15H21NO3. The summed E-state index contributed by atoms with van der Waals surface area (Å²) in [5.74, 6) is -0.0889. The number of nitrogens with zero attached hydrogens (tertiary/aromatic N) is 1. The van der Waals surface area contributed by atoms with Crippen molar-refractivity contribution in [3.63, 3.8) is 0 Å². The second kappa shape index (κ2) is 9.30. The number of hydrogen-bond donors (Lipinski definition) is 1. The maximum atomic E-state index is 12.0. The van der Waals surface area contributed by atoms with Crippen molar-refractivity contribution in [1.29, 1.82) is 0 Å². The maximum absolute atomic E-state index is 12.0. The van der Waals surface area contributed by atoms with Crippen molar-refractivity contribution < 1.29 is 14.6 Å². The summed E-state index contributed by atoms with van der Waals surface area (Å²) in [6, 6.07) is 9.65. The van der Waals surface area contributed by atoms with E-state index in [2.05, 4.69) is 0 Å². The van der Waals surface area contributed by atoms with Gasteiger partial charge in [0.15, 0.2) is 0 Å². The normalized spacial score (nSPS) is 10.8. The lowest BCUT2D eigenvalue weighted by atomic mass is 10.2. The average Bonchev–Trinajstić information content (AvgIpc) is 2.45. The Bertz CT molecular complexity index is 390. The van der Waals surface area contributed by atoms with E-state index in [4.69, 9.17) is 9.84 Å². The molecule has 4 nitrogen and oxygen atoms in total. The molecule has 0 bridgehead atoms. The van der Waals surface area contributed by atoms with Gasteiger partial charge in [-0.05, 0) is 18.1 Å². The van der Waals surface area contributed by atoms with E-state index in [0.717, 1.165) is 12.0 Å². The van der Waals surface area contributed by atoms with Crippen LogP contribution < -0.4 is 0 Å². The highest BCUT2D eigenvalue weighted by Gasteiger charge is 2.09. The number of carbonyl (C=O) groups is 1. The Kier molecular flexibility index (Phi) is 7.54. The molecule has 19 heavy (non-hydrogen) atoms. The number of amides is 1. The number of carbonyl (C=O) groups excluding carboxylic acids is 1. The monoisotopic (exact) mass is 263 g/mol. The first-order valence-electron chi connectivity index (χ1n) is 6.39. The molecule has 0 saturated heterocycles. The Labute approximate surface area is 114 Å². The third-order valence-electron chi connectivity index (χ3n) is 2.68. The summed E-state index contributed by atoms with van der Waals surface area (Å²) < 4.78 is 4.96. The topological polar surface area (TPSA) is 49.8 Å². The highest BCUT2D eigenvalue weighted by Crippen LogP contribution is 2.02. The van der Waals surface area contributed by atoms with Crippen LogP contribution in [0.1, 0.15) is 12.0 Å². The standard InChI is InChI=1S/C15H21NO3/c1-19-13-5-10-16(11-12-17)15(18)9-8-14-6-3-2-4-7-14/h2-4,6-9,17H,5,10-13H2,1H3/b9-8+. The molecule has 0 heterocycles. The molecule has 1 rings (SSSR count). The zero-order valence-electron chi connectivity index (χ0n) is 11.3. The van der Waals surface area contributed by atoms with E-state index in [9.17, 15) is 4.79 Å². The number of methoxy groups -OCH3 is 1. The Morgan fingerprint density at radius 2 is 2.05 bits per heavy atom. The molecule has 0 aromatic heterocycles. The van der Waals surface area contributed by atoms with E-state index < -0.39 is 0 Å². The fraction of sp³-hybridized carbons (Fsp3) is 0.400. The van der Waals surface area contributed by atoms with Crippen LogP contribution >= 0.6 is 0 Å². The van der Waals surface area contributed by atoms with Crippen molar-refractivity contribution in [2.24, 2.45) is 0 Å². The molecule has 4 heteroatoms. The molecule has 1 amide bonds. The van der Waals surface area contributed by atoms with Crippen molar-refractivity contribution in [3.05, 3.63) is 42.0 Å². The first kappa shape index (κ1) is 15.4.